The number of rotatable bonds is 8. The van der Waals surface area contributed by atoms with Crippen LogP contribution in [0.5, 0.6) is 11.5 Å². The Hall–Kier alpha value is -2.12. The Bertz CT molecular complexity index is 869. The van der Waals surface area contributed by atoms with Crippen molar-refractivity contribution in [3.63, 3.8) is 0 Å². The molecule has 0 aromatic heterocycles. The number of hydrogen-bond acceptors (Lipinski definition) is 5. The Morgan fingerprint density at radius 3 is 2.27 bits per heavy atom. The number of anilines is 2. The highest BCUT2D eigenvalue weighted by molar-refractivity contribution is 7.92. The van der Waals surface area contributed by atoms with Crippen molar-refractivity contribution < 1.29 is 17.9 Å². The second-order valence-corrected chi connectivity index (χ2v) is 7.75. The van der Waals surface area contributed by atoms with Gasteiger partial charge < -0.3 is 14.4 Å². The fraction of sp³-hybridized carbons (Fsp3) is 0.333. The monoisotopic (exact) mass is 398 g/mol. The number of nitrogens with one attached hydrogen (secondary N) is 1. The van der Waals surface area contributed by atoms with E-state index in [4.69, 9.17) is 21.1 Å². The van der Waals surface area contributed by atoms with Crippen molar-refractivity contribution in [1.29, 1.82) is 0 Å². The SMILES string of the molecule is CCOc1ccc(S(=O)(=O)Nc2cc(Cl)ccc2N(C)C)cc1OCC. The Morgan fingerprint density at radius 2 is 1.65 bits per heavy atom. The van der Waals surface area contributed by atoms with Crippen LogP contribution in [0.15, 0.2) is 41.3 Å². The maximum atomic E-state index is 12.8. The molecule has 2 rings (SSSR count). The van der Waals surface area contributed by atoms with Crippen LogP contribution in [0.3, 0.4) is 0 Å². The summed E-state index contributed by atoms with van der Waals surface area (Å²) in [6, 6.07) is 9.57. The smallest absolute Gasteiger partial charge is 0.262 e. The molecule has 0 aliphatic heterocycles. The van der Waals surface area contributed by atoms with Gasteiger partial charge >= 0.3 is 0 Å². The lowest BCUT2D eigenvalue weighted by Gasteiger charge is -2.19. The van der Waals surface area contributed by atoms with Gasteiger partial charge in [0.1, 0.15) is 0 Å². The Balaban J connectivity index is 2.42. The number of halogens is 1. The lowest BCUT2D eigenvalue weighted by Crippen LogP contribution is -2.17. The molecule has 0 heterocycles. The first kappa shape index (κ1) is 20.2. The van der Waals surface area contributed by atoms with Gasteiger partial charge in [-0.05, 0) is 44.2 Å². The molecule has 142 valence electrons. The van der Waals surface area contributed by atoms with Crippen LogP contribution < -0.4 is 19.1 Å². The Labute approximate surface area is 159 Å². The third kappa shape index (κ3) is 4.74. The van der Waals surface area contributed by atoms with Gasteiger partial charge in [0, 0.05) is 25.2 Å². The average Bonchev–Trinajstić information content (AvgIpc) is 2.56. The first-order chi connectivity index (χ1) is 12.3. The number of nitrogens with zero attached hydrogens (tertiary/aromatic N) is 1. The highest BCUT2D eigenvalue weighted by Gasteiger charge is 2.19. The highest BCUT2D eigenvalue weighted by atomic mass is 35.5. The lowest BCUT2D eigenvalue weighted by atomic mass is 10.2. The number of benzene rings is 2. The van der Waals surface area contributed by atoms with Crippen molar-refractivity contribution >= 4 is 33.0 Å². The molecule has 1 N–H and O–H groups in total. The summed E-state index contributed by atoms with van der Waals surface area (Å²) in [7, 11) is -0.180. The number of ether oxygens (including phenoxy) is 2. The second-order valence-electron chi connectivity index (χ2n) is 5.64. The van der Waals surface area contributed by atoms with Crippen molar-refractivity contribution in [2.24, 2.45) is 0 Å². The van der Waals surface area contributed by atoms with Crippen molar-refractivity contribution in [1.82, 2.24) is 0 Å². The van der Waals surface area contributed by atoms with Crippen LogP contribution in [-0.4, -0.2) is 35.7 Å². The Kier molecular flexibility index (Phi) is 6.61. The topological polar surface area (TPSA) is 67.9 Å². The minimum atomic E-state index is -3.83. The van der Waals surface area contributed by atoms with Crippen LogP contribution in [0.1, 0.15) is 13.8 Å². The average molecular weight is 399 g/mol. The van der Waals surface area contributed by atoms with Gasteiger partial charge in [-0.2, -0.15) is 0 Å². The maximum absolute atomic E-state index is 12.8. The summed E-state index contributed by atoms with van der Waals surface area (Å²) in [5.41, 5.74) is 1.10. The lowest BCUT2D eigenvalue weighted by molar-refractivity contribution is 0.287. The third-order valence-corrected chi connectivity index (χ3v) is 5.11. The van der Waals surface area contributed by atoms with E-state index in [2.05, 4.69) is 4.72 Å². The molecule has 0 aliphatic carbocycles. The zero-order valence-corrected chi connectivity index (χ0v) is 16.8. The van der Waals surface area contributed by atoms with Crippen LogP contribution in [0, 0.1) is 0 Å². The first-order valence-corrected chi connectivity index (χ1v) is 10.0. The van der Waals surface area contributed by atoms with Crippen LogP contribution in [0.2, 0.25) is 5.02 Å². The fourth-order valence-corrected chi connectivity index (χ4v) is 3.63. The van der Waals surface area contributed by atoms with Crippen molar-refractivity contribution in [2.45, 2.75) is 18.7 Å². The van der Waals surface area contributed by atoms with Gasteiger partial charge in [-0.25, -0.2) is 8.42 Å². The van der Waals surface area contributed by atoms with Crippen molar-refractivity contribution in [3.8, 4) is 11.5 Å². The van der Waals surface area contributed by atoms with Crippen molar-refractivity contribution in [3.05, 3.63) is 41.4 Å². The van der Waals surface area contributed by atoms with E-state index in [1.807, 2.05) is 27.9 Å². The summed E-state index contributed by atoms with van der Waals surface area (Å²) in [5, 5.41) is 0.440. The molecule has 0 fully saturated rings. The van der Waals surface area contributed by atoms with Crippen LogP contribution in [0.4, 0.5) is 11.4 Å². The summed E-state index contributed by atoms with van der Waals surface area (Å²) in [6.45, 7) is 4.53. The molecular formula is C18H23ClN2O4S. The first-order valence-electron chi connectivity index (χ1n) is 8.17. The van der Waals surface area contributed by atoms with Crippen molar-refractivity contribution in [2.75, 3.05) is 36.9 Å². The Morgan fingerprint density at radius 1 is 1.00 bits per heavy atom. The maximum Gasteiger partial charge on any atom is 0.262 e. The molecule has 6 nitrogen and oxygen atoms in total. The largest absolute Gasteiger partial charge is 0.490 e. The van der Waals surface area contributed by atoms with Gasteiger partial charge in [-0.3, -0.25) is 4.72 Å². The zero-order valence-electron chi connectivity index (χ0n) is 15.2. The van der Waals surface area contributed by atoms with E-state index in [9.17, 15) is 8.42 Å². The molecule has 0 radical (unpaired) electrons. The molecule has 0 saturated heterocycles. The normalized spacial score (nSPS) is 11.1. The highest BCUT2D eigenvalue weighted by Crippen LogP contribution is 2.33. The third-order valence-electron chi connectivity index (χ3n) is 3.51. The predicted octanol–water partition coefficient (Wildman–Crippen LogP) is 4.00. The van der Waals surface area contributed by atoms with Gasteiger partial charge in [0.25, 0.3) is 10.0 Å². The minimum Gasteiger partial charge on any atom is -0.490 e. The predicted molar refractivity (Wildman–Crippen MR) is 105 cm³/mol. The van der Waals surface area contributed by atoms with Crippen LogP contribution >= 0.6 is 11.6 Å². The molecule has 8 heteroatoms. The van der Waals surface area contributed by atoms with E-state index in [1.54, 1.807) is 29.2 Å². The molecular weight excluding hydrogens is 376 g/mol. The van der Waals surface area contributed by atoms with Crippen LogP contribution in [0.25, 0.3) is 0 Å². The molecule has 0 spiro atoms. The fourth-order valence-electron chi connectivity index (χ4n) is 2.38. The van der Waals surface area contributed by atoms with E-state index in [0.717, 1.165) is 0 Å². The van der Waals surface area contributed by atoms with Crippen LogP contribution in [-0.2, 0) is 10.0 Å². The molecule has 0 unspecified atom stereocenters. The van der Waals surface area contributed by atoms with E-state index in [1.165, 1.54) is 12.1 Å². The van der Waals surface area contributed by atoms with E-state index >= 15 is 0 Å². The molecule has 0 saturated carbocycles. The summed E-state index contributed by atoms with van der Waals surface area (Å²) in [4.78, 5) is 1.88. The molecule has 0 atom stereocenters. The van der Waals surface area contributed by atoms with Gasteiger partial charge in [-0.1, -0.05) is 11.6 Å². The van der Waals surface area contributed by atoms with Gasteiger partial charge in [0.05, 0.1) is 29.5 Å². The molecule has 0 aliphatic rings. The van der Waals surface area contributed by atoms with Gasteiger partial charge in [-0.15, -0.1) is 0 Å². The summed E-state index contributed by atoms with van der Waals surface area (Å²) in [6.07, 6.45) is 0. The summed E-state index contributed by atoms with van der Waals surface area (Å²) < 4.78 is 39.3. The molecule has 2 aromatic rings. The standard InChI is InChI=1S/C18H23ClN2O4S/c1-5-24-17-10-8-14(12-18(17)25-6-2)26(22,23)20-15-11-13(19)7-9-16(15)21(3)4/h7-12,20H,5-6H2,1-4H3. The molecule has 2 aromatic carbocycles. The quantitative estimate of drug-likeness (QED) is 0.727. The number of sulfonamides is 1. The van der Waals surface area contributed by atoms with Gasteiger partial charge in [0.2, 0.25) is 0 Å². The molecule has 26 heavy (non-hydrogen) atoms. The molecule has 0 bridgehead atoms. The van der Waals surface area contributed by atoms with E-state index < -0.39 is 10.0 Å². The van der Waals surface area contributed by atoms with E-state index in [-0.39, 0.29) is 4.90 Å². The van der Waals surface area contributed by atoms with E-state index in [0.29, 0.717) is 41.1 Å². The number of hydrogen-bond donors (Lipinski definition) is 1. The zero-order chi connectivity index (χ0) is 19.3. The molecule has 0 amide bonds. The second kappa shape index (κ2) is 8.51. The minimum absolute atomic E-state index is 0.0779. The summed E-state index contributed by atoms with van der Waals surface area (Å²) in [5.74, 6) is 0.890. The summed E-state index contributed by atoms with van der Waals surface area (Å²) >= 11 is 6.03. The van der Waals surface area contributed by atoms with Gasteiger partial charge in [0.15, 0.2) is 11.5 Å².